The molecule has 17 nitrogen and oxygen atoms in total. The summed E-state index contributed by atoms with van der Waals surface area (Å²) in [5, 5.41) is 9.17. The number of esters is 2. The fourth-order valence-corrected chi connectivity index (χ4v) is 5.21. The molecule has 246 valence electrons. The number of nitrogens with two attached hydrogens (primary N) is 2. The van der Waals surface area contributed by atoms with E-state index in [-0.39, 0.29) is 25.3 Å². The van der Waals surface area contributed by atoms with Gasteiger partial charge in [-0.15, -0.1) is 0 Å². The van der Waals surface area contributed by atoms with Gasteiger partial charge in [0.05, 0.1) is 31.3 Å². The maximum Gasteiger partial charge on any atom is 0.407 e. The summed E-state index contributed by atoms with van der Waals surface area (Å²) in [7, 11) is -4.38. The van der Waals surface area contributed by atoms with E-state index in [0.29, 0.717) is 29.6 Å². The van der Waals surface area contributed by atoms with Crippen molar-refractivity contribution in [2.75, 3.05) is 45.9 Å². The second kappa shape index (κ2) is 18.5. The van der Waals surface area contributed by atoms with E-state index in [1.54, 1.807) is 0 Å². The molecule has 1 heterocycles. The first kappa shape index (κ1) is 36.0. The topological polar surface area (TPSA) is 246 Å². The lowest BCUT2D eigenvalue weighted by Crippen LogP contribution is -2.55. The number of benzene rings is 1. The van der Waals surface area contributed by atoms with Gasteiger partial charge in [0.25, 0.3) is 0 Å². The number of guanidine groups is 1. The maximum absolute atomic E-state index is 13.1. The lowest BCUT2D eigenvalue weighted by Gasteiger charge is -2.30. The van der Waals surface area contributed by atoms with Gasteiger partial charge in [-0.3, -0.25) is 9.79 Å². The van der Waals surface area contributed by atoms with Crippen molar-refractivity contribution in [1.29, 1.82) is 0 Å². The molecule has 2 rings (SSSR count). The molecular formula is C26H42N8O9S. The van der Waals surface area contributed by atoms with Crippen molar-refractivity contribution in [2.45, 2.75) is 51.1 Å². The molecule has 8 N–H and O–H groups in total. The third-order valence-corrected chi connectivity index (χ3v) is 8.17. The van der Waals surface area contributed by atoms with Gasteiger partial charge in [-0.25, -0.2) is 22.8 Å². The zero-order valence-electron chi connectivity index (χ0n) is 24.9. The molecule has 3 amide bonds. The molecule has 0 saturated heterocycles. The Morgan fingerprint density at radius 2 is 1.86 bits per heavy atom. The number of nitrogens with one attached hydrogen (secondary N) is 4. The zero-order valence-corrected chi connectivity index (χ0v) is 25.7. The van der Waals surface area contributed by atoms with Crippen molar-refractivity contribution in [3.8, 4) is 5.75 Å². The smallest absolute Gasteiger partial charge is 0.407 e. The predicted octanol–water partition coefficient (Wildman–Crippen LogP) is -0.465. The van der Waals surface area contributed by atoms with Gasteiger partial charge in [0.1, 0.15) is 17.7 Å². The molecule has 1 unspecified atom stereocenters. The first-order valence-electron chi connectivity index (χ1n) is 14.2. The Hall–Kier alpha value is -4.16. The van der Waals surface area contributed by atoms with Gasteiger partial charge in [0.15, 0.2) is 5.96 Å². The molecule has 0 bridgehead atoms. The van der Waals surface area contributed by atoms with Crippen LogP contribution in [0.4, 0.5) is 9.59 Å². The highest BCUT2D eigenvalue weighted by atomic mass is 32.2. The first-order valence-corrected chi connectivity index (χ1v) is 15.7. The molecule has 44 heavy (non-hydrogen) atoms. The Bertz CT molecular complexity index is 1240. The number of primary amides is 1. The van der Waals surface area contributed by atoms with Crippen molar-refractivity contribution >= 4 is 40.0 Å². The Morgan fingerprint density at radius 1 is 1.14 bits per heavy atom. The van der Waals surface area contributed by atoms with Gasteiger partial charge < -0.3 is 46.9 Å². The molecule has 0 saturated carbocycles. The standard InChI is InChI=1S/C26H42N8O9S/c1-3-4-15-42-26(38)32-12-14-34(44(39,40)18(2)33-24(28)37)21(27)17-22(35)43-23(36)19-6-8-20(9-7-19)41-16-13-31-25-29-10-5-11-30-25/h6-9,18,21H,3-5,10-17,27H2,1-2H3,(H,32,38)(H3,28,33,37)(H2,29,30,31)/t18?,21-/m0/s1. The number of carbonyl (C=O) groups is 4. The average Bonchev–Trinajstić information content (AvgIpc) is 2.97. The van der Waals surface area contributed by atoms with Crippen molar-refractivity contribution in [2.24, 2.45) is 16.5 Å². The summed E-state index contributed by atoms with van der Waals surface area (Å²) in [6, 6.07) is 4.78. The highest BCUT2D eigenvalue weighted by Gasteiger charge is 2.35. The third kappa shape index (κ3) is 12.6. The lowest BCUT2D eigenvalue weighted by atomic mass is 10.2. The second-order valence-electron chi connectivity index (χ2n) is 9.57. The van der Waals surface area contributed by atoms with E-state index in [9.17, 15) is 27.6 Å². The molecule has 1 aromatic rings. The number of alkyl carbamates (subject to hydrolysis) is 1. The van der Waals surface area contributed by atoms with E-state index in [1.807, 2.05) is 12.2 Å². The number of carbonyl (C=O) groups excluding carboxylic acids is 4. The van der Waals surface area contributed by atoms with Gasteiger partial charge in [-0.1, -0.05) is 13.3 Å². The Balaban J connectivity index is 1.93. The minimum atomic E-state index is -4.38. The van der Waals surface area contributed by atoms with Gasteiger partial charge in [-0.2, -0.15) is 4.31 Å². The van der Waals surface area contributed by atoms with Crippen LogP contribution in [0.1, 0.15) is 49.9 Å². The molecule has 1 aliphatic heterocycles. The van der Waals surface area contributed by atoms with Gasteiger partial charge in [0.2, 0.25) is 10.0 Å². The largest absolute Gasteiger partial charge is 0.492 e. The minimum absolute atomic E-state index is 0.0488. The Morgan fingerprint density at radius 3 is 2.50 bits per heavy atom. The number of urea groups is 1. The van der Waals surface area contributed by atoms with Crippen LogP contribution in [0.5, 0.6) is 5.75 Å². The van der Waals surface area contributed by atoms with Crippen LogP contribution >= 0.6 is 0 Å². The van der Waals surface area contributed by atoms with Crippen LogP contribution < -0.4 is 37.5 Å². The maximum atomic E-state index is 13.1. The number of ether oxygens (including phenoxy) is 3. The second-order valence-corrected chi connectivity index (χ2v) is 11.8. The van der Waals surface area contributed by atoms with Crippen molar-refractivity contribution in [3.63, 3.8) is 0 Å². The number of nitrogens with zero attached hydrogens (tertiary/aromatic N) is 2. The fourth-order valence-electron chi connectivity index (χ4n) is 3.74. The van der Waals surface area contributed by atoms with Crippen LogP contribution in [0.25, 0.3) is 0 Å². The summed E-state index contributed by atoms with van der Waals surface area (Å²) in [5.74, 6) is -0.876. The fraction of sp³-hybridized carbons (Fsp3) is 0.577. The van der Waals surface area contributed by atoms with Gasteiger partial charge in [0, 0.05) is 26.2 Å². The Labute approximate surface area is 256 Å². The van der Waals surface area contributed by atoms with Crippen LogP contribution in [0.3, 0.4) is 0 Å². The van der Waals surface area contributed by atoms with Crippen LogP contribution in [0.2, 0.25) is 0 Å². The predicted molar refractivity (Wildman–Crippen MR) is 160 cm³/mol. The summed E-state index contributed by atoms with van der Waals surface area (Å²) < 4.78 is 42.4. The summed E-state index contributed by atoms with van der Waals surface area (Å²) in [6.07, 6.45) is -0.554. The summed E-state index contributed by atoms with van der Waals surface area (Å²) >= 11 is 0. The lowest BCUT2D eigenvalue weighted by molar-refractivity contribution is -0.138. The van der Waals surface area contributed by atoms with Gasteiger partial charge in [-0.05, 0) is 44.0 Å². The normalized spacial score (nSPS) is 14.3. The van der Waals surface area contributed by atoms with Crippen LogP contribution in [0.15, 0.2) is 29.3 Å². The molecule has 0 spiro atoms. The van der Waals surface area contributed by atoms with Crippen molar-refractivity contribution in [3.05, 3.63) is 29.8 Å². The number of unbranched alkanes of at least 4 members (excludes halogenated alkanes) is 1. The van der Waals surface area contributed by atoms with E-state index in [4.69, 9.17) is 25.7 Å². The average molecular weight is 643 g/mol. The van der Waals surface area contributed by atoms with Crippen LogP contribution in [-0.4, -0.2) is 100 Å². The molecule has 0 radical (unpaired) electrons. The number of rotatable bonds is 17. The quantitative estimate of drug-likeness (QED) is 0.0547. The Kier molecular flexibility index (Phi) is 15.1. The van der Waals surface area contributed by atoms with Gasteiger partial charge >= 0.3 is 24.1 Å². The van der Waals surface area contributed by atoms with Crippen molar-refractivity contribution < 1.29 is 41.8 Å². The molecule has 2 atom stereocenters. The van der Waals surface area contributed by atoms with Crippen LogP contribution in [-0.2, 0) is 24.3 Å². The number of hydrogen-bond acceptors (Lipinski definition) is 13. The molecule has 18 heteroatoms. The van der Waals surface area contributed by atoms with Crippen LogP contribution in [0, 0.1) is 0 Å². The number of amides is 3. The minimum Gasteiger partial charge on any atom is -0.492 e. The number of hydrogen-bond donors (Lipinski definition) is 6. The zero-order chi connectivity index (χ0) is 32.5. The molecular weight excluding hydrogens is 600 g/mol. The van der Waals surface area contributed by atoms with E-state index < -0.39 is 52.0 Å². The summed E-state index contributed by atoms with van der Waals surface area (Å²) in [5.41, 5.74) is 11.1. The monoisotopic (exact) mass is 642 g/mol. The van der Waals surface area contributed by atoms with E-state index in [1.165, 1.54) is 24.3 Å². The van der Waals surface area contributed by atoms with E-state index in [0.717, 1.165) is 38.8 Å². The molecule has 1 aliphatic rings. The van der Waals surface area contributed by atoms with E-state index >= 15 is 0 Å². The highest BCUT2D eigenvalue weighted by Crippen LogP contribution is 2.15. The highest BCUT2D eigenvalue weighted by molar-refractivity contribution is 7.89. The third-order valence-electron chi connectivity index (χ3n) is 6.05. The molecule has 0 aliphatic carbocycles. The first-order chi connectivity index (χ1) is 20.9. The summed E-state index contributed by atoms with van der Waals surface area (Å²) in [4.78, 5) is 52.5. The summed E-state index contributed by atoms with van der Waals surface area (Å²) in [6.45, 7) is 5.11. The molecule has 0 aromatic heterocycles. The van der Waals surface area contributed by atoms with Crippen molar-refractivity contribution in [1.82, 2.24) is 25.6 Å². The molecule has 1 aromatic carbocycles. The number of sulfonamides is 1. The molecule has 0 fully saturated rings. The van der Waals surface area contributed by atoms with E-state index in [2.05, 4.69) is 20.9 Å². The SMILES string of the molecule is CCCCOC(=O)NCCN([C@H](N)CC(=O)OC(=O)c1ccc(OCCNC2=NCCCN2)cc1)S(=O)(=O)C(C)NC(N)=O. The number of aliphatic imine (C=N–C) groups is 1.